The lowest BCUT2D eigenvalue weighted by molar-refractivity contribution is 0.825. The molecule has 0 amide bonds. The van der Waals surface area contributed by atoms with E-state index in [1.165, 1.54) is 0 Å². The highest BCUT2D eigenvalue weighted by atomic mass is 15.1. The number of nitrogens with two attached hydrogens (primary N) is 1. The van der Waals surface area contributed by atoms with Gasteiger partial charge in [-0.15, -0.1) is 0 Å². The van der Waals surface area contributed by atoms with Crippen molar-refractivity contribution < 1.29 is 0 Å². The van der Waals surface area contributed by atoms with E-state index in [1.807, 2.05) is 62.8 Å². The number of rotatable bonds is 1. The standard InChI is InChI=1S/C17H20N6/c1-10-7-14(18)13-9-12(5-6-15(13)22(10)3)20-16-8-11(2)23(4)17(19)21-16/h5-9,18H,1-4H3,(H2,19,20,21). The van der Waals surface area contributed by atoms with Crippen LogP contribution < -0.4 is 16.6 Å². The highest BCUT2D eigenvalue weighted by Crippen LogP contribution is 2.18. The Balaban J connectivity index is 2.23. The summed E-state index contributed by atoms with van der Waals surface area (Å²) < 4.78 is 3.88. The minimum Gasteiger partial charge on any atom is -0.369 e. The Morgan fingerprint density at radius 3 is 2.43 bits per heavy atom. The smallest absolute Gasteiger partial charge is 0.202 e. The van der Waals surface area contributed by atoms with Crippen LogP contribution in [0.5, 0.6) is 0 Å². The summed E-state index contributed by atoms with van der Waals surface area (Å²) in [5, 5.41) is 9.54. The minimum absolute atomic E-state index is 0.424. The maximum absolute atomic E-state index is 8.18. The van der Waals surface area contributed by atoms with Gasteiger partial charge in [0.15, 0.2) is 5.49 Å². The van der Waals surface area contributed by atoms with E-state index < -0.39 is 0 Å². The number of nitrogen functional groups attached to an aromatic ring is 1. The van der Waals surface area contributed by atoms with Crippen LogP contribution in [0, 0.1) is 19.3 Å². The predicted octanol–water partition coefficient (Wildman–Crippen LogP) is 1.82. The van der Waals surface area contributed by atoms with Gasteiger partial charge in [0.05, 0.1) is 16.6 Å². The summed E-state index contributed by atoms with van der Waals surface area (Å²) in [6, 6.07) is 9.57. The second-order valence-corrected chi connectivity index (χ2v) is 5.74. The second kappa shape index (κ2) is 5.39. The summed E-state index contributed by atoms with van der Waals surface area (Å²) in [6.07, 6.45) is 0. The van der Waals surface area contributed by atoms with Gasteiger partial charge < -0.3 is 20.3 Å². The topological polar surface area (TPSA) is 85.0 Å². The maximum atomic E-state index is 8.18. The number of pyridine rings is 1. The Hall–Kier alpha value is -2.89. The molecule has 0 aliphatic carbocycles. The van der Waals surface area contributed by atoms with Crippen LogP contribution in [-0.4, -0.2) is 14.1 Å². The molecule has 6 nitrogen and oxygen atoms in total. The van der Waals surface area contributed by atoms with Crippen LogP contribution in [0.4, 0.5) is 11.6 Å². The summed E-state index contributed by atoms with van der Waals surface area (Å²) in [5.74, 6) is 0.424. The number of aromatic nitrogens is 3. The van der Waals surface area contributed by atoms with Gasteiger partial charge >= 0.3 is 0 Å². The van der Waals surface area contributed by atoms with Crippen LogP contribution in [0.25, 0.3) is 10.9 Å². The first-order valence-electron chi connectivity index (χ1n) is 7.36. The number of aryl methyl sites for hydroxylation is 3. The third-order valence-corrected chi connectivity index (χ3v) is 4.20. The third-order valence-electron chi connectivity index (χ3n) is 4.20. The van der Waals surface area contributed by atoms with Crippen molar-refractivity contribution in [2.75, 3.05) is 5.73 Å². The van der Waals surface area contributed by atoms with Gasteiger partial charge in [-0.25, -0.2) is 4.99 Å². The van der Waals surface area contributed by atoms with Gasteiger partial charge in [-0.1, -0.05) is 0 Å². The van der Waals surface area contributed by atoms with E-state index in [9.17, 15) is 0 Å². The molecule has 0 unspecified atom stereocenters. The van der Waals surface area contributed by atoms with E-state index in [1.54, 1.807) is 0 Å². The number of anilines is 1. The van der Waals surface area contributed by atoms with E-state index >= 15 is 0 Å². The molecule has 0 aliphatic rings. The predicted molar refractivity (Wildman–Crippen MR) is 91.1 cm³/mol. The first kappa shape index (κ1) is 15.0. The van der Waals surface area contributed by atoms with Crippen molar-refractivity contribution >= 4 is 22.5 Å². The van der Waals surface area contributed by atoms with E-state index in [0.717, 1.165) is 28.0 Å². The first-order chi connectivity index (χ1) is 10.9. The normalized spacial score (nSPS) is 12.1. The largest absolute Gasteiger partial charge is 0.369 e. The molecule has 3 N–H and O–H groups in total. The van der Waals surface area contributed by atoms with Crippen molar-refractivity contribution in [1.82, 2.24) is 14.1 Å². The molecule has 6 heteroatoms. The molecule has 0 saturated heterocycles. The van der Waals surface area contributed by atoms with Crippen LogP contribution in [0.3, 0.4) is 0 Å². The molecule has 0 saturated carbocycles. The molecule has 3 rings (SSSR count). The molecule has 0 radical (unpaired) electrons. The van der Waals surface area contributed by atoms with Crippen LogP contribution in [0.15, 0.2) is 35.3 Å². The van der Waals surface area contributed by atoms with E-state index in [0.29, 0.717) is 16.8 Å². The van der Waals surface area contributed by atoms with Crippen molar-refractivity contribution in [1.29, 1.82) is 5.41 Å². The average molecular weight is 308 g/mol. The van der Waals surface area contributed by atoms with Gasteiger partial charge in [-0.3, -0.25) is 0 Å². The molecule has 0 aliphatic heterocycles. The number of nitrogens with zero attached hydrogens (tertiary/aromatic N) is 4. The van der Waals surface area contributed by atoms with Crippen molar-refractivity contribution in [3.8, 4) is 0 Å². The summed E-state index contributed by atoms with van der Waals surface area (Å²) in [6.45, 7) is 3.96. The minimum atomic E-state index is 0.424. The Labute approximate surface area is 134 Å². The summed E-state index contributed by atoms with van der Waals surface area (Å²) in [4.78, 5) is 8.84. The van der Waals surface area contributed by atoms with E-state index in [4.69, 9.17) is 11.1 Å². The lowest BCUT2D eigenvalue weighted by atomic mass is 10.1. The Bertz CT molecular complexity index is 1010. The van der Waals surface area contributed by atoms with Crippen molar-refractivity contribution in [3.63, 3.8) is 0 Å². The monoisotopic (exact) mass is 308 g/mol. The van der Waals surface area contributed by atoms with Gasteiger partial charge in [0.1, 0.15) is 0 Å². The number of benzene rings is 1. The first-order valence-corrected chi connectivity index (χ1v) is 7.36. The van der Waals surface area contributed by atoms with Crippen molar-refractivity contribution in [2.45, 2.75) is 13.8 Å². The fourth-order valence-electron chi connectivity index (χ4n) is 2.55. The zero-order valence-electron chi connectivity index (χ0n) is 13.8. The van der Waals surface area contributed by atoms with Gasteiger partial charge in [-0.05, 0) is 38.1 Å². The second-order valence-electron chi connectivity index (χ2n) is 5.74. The summed E-state index contributed by atoms with van der Waals surface area (Å²) in [5.41, 5.74) is 10.3. The molecule has 0 spiro atoms. The highest BCUT2D eigenvalue weighted by Gasteiger charge is 2.03. The molecule has 0 atom stereocenters. The van der Waals surface area contributed by atoms with Gasteiger partial charge in [0.2, 0.25) is 5.95 Å². The lowest BCUT2D eigenvalue weighted by Crippen LogP contribution is -2.17. The quantitative estimate of drug-likeness (QED) is 0.718. The van der Waals surface area contributed by atoms with Crippen LogP contribution in [0.2, 0.25) is 0 Å². The summed E-state index contributed by atoms with van der Waals surface area (Å²) >= 11 is 0. The molecular formula is C17H20N6. The van der Waals surface area contributed by atoms with E-state index in [2.05, 4.69) is 14.5 Å². The number of fused-ring (bicyclic) bond motifs is 1. The number of hydrogen-bond acceptors (Lipinski definition) is 4. The molecule has 2 aromatic heterocycles. The Morgan fingerprint density at radius 2 is 1.74 bits per heavy atom. The zero-order chi connectivity index (χ0) is 16.7. The Morgan fingerprint density at radius 1 is 1.04 bits per heavy atom. The fraction of sp³-hybridized carbons (Fsp3) is 0.235. The Kier molecular flexibility index (Phi) is 3.52. The molecule has 0 fully saturated rings. The lowest BCUT2D eigenvalue weighted by Gasteiger charge is -2.10. The molecule has 1 aromatic carbocycles. The zero-order valence-corrected chi connectivity index (χ0v) is 13.8. The van der Waals surface area contributed by atoms with Gasteiger partial charge in [0.25, 0.3) is 0 Å². The van der Waals surface area contributed by atoms with Crippen LogP contribution >= 0.6 is 0 Å². The summed E-state index contributed by atoms with van der Waals surface area (Å²) in [7, 11) is 3.86. The fourth-order valence-corrected chi connectivity index (χ4v) is 2.55. The maximum Gasteiger partial charge on any atom is 0.202 e. The molecule has 2 heterocycles. The van der Waals surface area contributed by atoms with Crippen molar-refractivity contribution in [2.24, 2.45) is 19.1 Å². The number of hydrogen-bond donors (Lipinski definition) is 2. The van der Waals surface area contributed by atoms with Crippen LogP contribution in [-0.2, 0) is 14.1 Å². The third kappa shape index (κ3) is 2.63. The molecule has 0 bridgehead atoms. The number of nitrogens with one attached hydrogen (secondary N) is 1. The molecular weight excluding hydrogens is 288 g/mol. The molecule has 118 valence electrons. The SMILES string of the molecule is Cc1cc(=Nc2ccc3c(c2)c(=N)cc(C)n3C)nc(N)n1C. The average Bonchev–Trinajstić information content (AvgIpc) is 2.50. The van der Waals surface area contributed by atoms with Crippen molar-refractivity contribution in [3.05, 3.63) is 52.6 Å². The molecule has 23 heavy (non-hydrogen) atoms. The van der Waals surface area contributed by atoms with E-state index in [-0.39, 0.29) is 0 Å². The van der Waals surface area contributed by atoms with Gasteiger partial charge in [0, 0.05) is 36.9 Å². The molecule has 3 aromatic rings. The van der Waals surface area contributed by atoms with Crippen LogP contribution in [0.1, 0.15) is 11.4 Å². The van der Waals surface area contributed by atoms with Gasteiger partial charge in [-0.2, -0.15) is 4.98 Å². The highest BCUT2D eigenvalue weighted by molar-refractivity contribution is 5.82.